The molecule has 0 spiro atoms. The zero-order chi connectivity index (χ0) is 16.1. The number of hydrogen-bond acceptors (Lipinski definition) is 3. The maximum atomic E-state index is 13.9. The number of aliphatic carboxylic acids is 1. The minimum Gasteiger partial charge on any atom is -0.480 e. The lowest BCUT2D eigenvalue weighted by Crippen LogP contribution is -2.36. The van der Waals surface area contributed by atoms with Crippen LogP contribution in [-0.4, -0.2) is 53.6 Å². The van der Waals surface area contributed by atoms with Gasteiger partial charge < -0.3 is 5.11 Å². The monoisotopic (exact) mass is 372 g/mol. The highest BCUT2D eigenvalue weighted by molar-refractivity contribution is 9.10. The maximum Gasteiger partial charge on any atom is 0.317 e. The molecule has 0 radical (unpaired) electrons. The van der Waals surface area contributed by atoms with Crippen LogP contribution < -0.4 is 0 Å². The summed E-state index contributed by atoms with van der Waals surface area (Å²) in [6.45, 7) is 2.43. The fourth-order valence-corrected chi connectivity index (χ4v) is 3.45. The van der Waals surface area contributed by atoms with E-state index in [1.807, 2.05) is 18.0 Å². The molecule has 1 saturated heterocycles. The molecule has 1 atom stereocenters. The number of rotatable bonds is 5. The third-order valence-electron chi connectivity index (χ3n) is 4.24. The molecule has 1 aliphatic rings. The van der Waals surface area contributed by atoms with Gasteiger partial charge in [0.15, 0.2) is 0 Å². The van der Waals surface area contributed by atoms with Crippen LogP contribution >= 0.6 is 15.9 Å². The molecule has 1 unspecified atom stereocenters. The lowest BCUT2D eigenvalue weighted by Gasteiger charge is -2.25. The van der Waals surface area contributed by atoms with Gasteiger partial charge in [-0.05, 0) is 51.5 Å². The van der Waals surface area contributed by atoms with Gasteiger partial charge in [0.05, 0.1) is 6.54 Å². The SMILES string of the molecule is CN(CC(=O)O)C1CCCN(Cc2c(F)cccc2Br)CC1. The van der Waals surface area contributed by atoms with Crippen molar-refractivity contribution >= 4 is 21.9 Å². The fourth-order valence-electron chi connectivity index (χ4n) is 2.99. The van der Waals surface area contributed by atoms with Crippen molar-refractivity contribution in [1.29, 1.82) is 0 Å². The van der Waals surface area contributed by atoms with Crippen molar-refractivity contribution in [3.63, 3.8) is 0 Å². The van der Waals surface area contributed by atoms with E-state index in [0.29, 0.717) is 12.1 Å². The van der Waals surface area contributed by atoms with Gasteiger partial charge in [0.1, 0.15) is 5.82 Å². The van der Waals surface area contributed by atoms with E-state index in [4.69, 9.17) is 5.11 Å². The van der Waals surface area contributed by atoms with Gasteiger partial charge in [-0.1, -0.05) is 22.0 Å². The zero-order valence-electron chi connectivity index (χ0n) is 12.8. The first-order valence-electron chi connectivity index (χ1n) is 7.54. The highest BCUT2D eigenvalue weighted by atomic mass is 79.9. The first-order valence-corrected chi connectivity index (χ1v) is 8.34. The molecule has 1 N–H and O–H groups in total. The largest absolute Gasteiger partial charge is 0.480 e. The summed E-state index contributed by atoms with van der Waals surface area (Å²) in [5.74, 6) is -0.975. The second kappa shape index (κ2) is 8.04. The van der Waals surface area contributed by atoms with Gasteiger partial charge in [-0.2, -0.15) is 0 Å². The number of hydrogen-bond donors (Lipinski definition) is 1. The molecular weight excluding hydrogens is 351 g/mol. The highest BCUT2D eigenvalue weighted by Gasteiger charge is 2.22. The third kappa shape index (κ3) is 4.76. The summed E-state index contributed by atoms with van der Waals surface area (Å²) < 4.78 is 14.7. The summed E-state index contributed by atoms with van der Waals surface area (Å²) >= 11 is 3.42. The molecule has 0 amide bonds. The number of halogens is 2. The Hall–Kier alpha value is -0.980. The smallest absolute Gasteiger partial charge is 0.317 e. The molecule has 1 aromatic rings. The van der Waals surface area contributed by atoms with Crippen molar-refractivity contribution in [2.24, 2.45) is 0 Å². The average Bonchev–Trinajstić information content (AvgIpc) is 2.68. The summed E-state index contributed by atoms with van der Waals surface area (Å²) in [6, 6.07) is 5.33. The third-order valence-corrected chi connectivity index (χ3v) is 4.98. The van der Waals surface area contributed by atoms with Crippen molar-refractivity contribution in [2.75, 3.05) is 26.7 Å². The molecule has 0 bridgehead atoms. The average molecular weight is 373 g/mol. The second-order valence-electron chi connectivity index (χ2n) is 5.87. The van der Waals surface area contributed by atoms with Crippen LogP contribution in [0.25, 0.3) is 0 Å². The normalized spacial score (nSPS) is 20.1. The molecule has 122 valence electrons. The van der Waals surface area contributed by atoms with Crippen LogP contribution in [0.2, 0.25) is 0 Å². The van der Waals surface area contributed by atoms with E-state index in [1.54, 1.807) is 6.07 Å². The van der Waals surface area contributed by atoms with E-state index in [2.05, 4.69) is 20.8 Å². The van der Waals surface area contributed by atoms with E-state index in [1.165, 1.54) is 6.07 Å². The number of nitrogens with zero attached hydrogens (tertiary/aromatic N) is 2. The lowest BCUT2D eigenvalue weighted by atomic mass is 10.1. The summed E-state index contributed by atoms with van der Waals surface area (Å²) in [5, 5.41) is 8.89. The van der Waals surface area contributed by atoms with E-state index in [9.17, 15) is 9.18 Å². The minimum absolute atomic E-state index is 0.0729. The van der Waals surface area contributed by atoms with Crippen LogP contribution in [0, 0.1) is 5.82 Å². The molecule has 1 aromatic carbocycles. The fraction of sp³-hybridized carbons (Fsp3) is 0.562. The Bertz CT molecular complexity index is 507. The molecule has 0 aromatic heterocycles. The predicted molar refractivity (Wildman–Crippen MR) is 87.3 cm³/mol. The second-order valence-corrected chi connectivity index (χ2v) is 6.72. The van der Waals surface area contributed by atoms with Crippen LogP contribution in [0.4, 0.5) is 4.39 Å². The van der Waals surface area contributed by atoms with Crippen molar-refractivity contribution < 1.29 is 14.3 Å². The molecule has 1 heterocycles. The van der Waals surface area contributed by atoms with Crippen LogP contribution in [0.1, 0.15) is 24.8 Å². The van der Waals surface area contributed by atoms with Gasteiger partial charge in [0, 0.05) is 22.6 Å². The molecule has 2 rings (SSSR count). The van der Waals surface area contributed by atoms with Gasteiger partial charge in [-0.3, -0.25) is 14.6 Å². The van der Waals surface area contributed by atoms with Crippen LogP contribution in [-0.2, 0) is 11.3 Å². The van der Waals surface area contributed by atoms with E-state index in [0.717, 1.165) is 36.8 Å². The molecule has 6 heteroatoms. The van der Waals surface area contributed by atoms with Gasteiger partial charge in [-0.25, -0.2) is 4.39 Å². The first-order chi connectivity index (χ1) is 10.5. The Balaban J connectivity index is 1.94. The predicted octanol–water partition coefficient (Wildman–Crippen LogP) is 2.96. The van der Waals surface area contributed by atoms with Gasteiger partial charge in [-0.15, -0.1) is 0 Å². The number of carboxylic acids is 1. The van der Waals surface area contributed by atoms with Crippen LogP contribution in [0.5, 0.6) is 0 Å². The van der Waals surface area contributed by atoms with Gasteiger partial charge >= 0.3 is 5.97 Å². The van der Waals surface area contributed by atoms with Crippen molar-refractivity contribution in [3.8, 4) is 0 Å². The lowest BCUT2D eigenvalue weighted by molar-refractivity contribution is -0.138. The highest BCUT2D eigenvalue weighted by Crippen LogP contribution is 2.23. The van der Waals surface area contributed by atoms with E-state index < -0.39 is 5.97 Å². The number of carboxylic acid groups (broad SMARTS) is 1. The number of carbonyl (C=O) groups is 1. The molecule has 4 nitrogen and oxygen atoms in total. The summed E-state index contributed by atoms with van der Waals surface area (Å²) in [4.78, 5) is 15.0. The standard InChI is InChI=1S/C16H22BrFN2O2/c1-19(11-16(21)22)12-4-3-8-20(9-7-12)10-13-14(17)5-2-6-15(13)18/h2,5-6,12H,3-4,7-11H2,1H3,(H,21,22). The number of likely N-dealkylation sites (N-methyl/N-ethyl adjacent to an activating group) is 1. The van der Waals surface area contributed by atoms with E-state index in [-0.39, 0.29) is 18.4 Å². The molecule has 22 heavy (non-hydrogen) atoms. The maximum absolute atomic E-state index is 13.9. The summed E-state index contributed by atoms with van der Waals surface area (Å²) in [7, 11) is 1.86. The number of benzene rings is 1. The number of likely N-dealkylation sites (tertiary alicyclic amines) is 1. The van der Waals surface area contributed by atoms with E-state index >= 15 is 0 Å². The topological polar surface area (TPSA) is 43.8 Å². The molecule has 0 saturated carbocycles. The Morgan fingerprint density at radius 2 is 2.23 bits per heavy atom. The Labute approximate surface area is 139 Å². The van der Waals surface area contributed by atoms with Gasteiger partial charge in [0.2, 0.25) is 0 Å². The zero-order valence-corrected chi connectivity index (χ0v) is 14.4. The Kier molecular flexibility index (Phi) is 6.35. The Morgan fingerprint density at radius 3 is 2.91 bits per heavy atom. The quantitative estimate of drug-likeness (QED) is 0.862. The molecule has 1 aliphatic heterocycles. The summed E-state index contributed by atoms with van der Waals surface area (Å²) in [5.41, 5.74) is 0.694. The molecule has 0 aliphatic carbocycles. The minimum atomic E-state index is -0.793. The molecule has 1 fully saturated rings. The van der Waals surface area contributed by atoms with Crippen LogP contribution in [0.3, 0.4) is 0 Å². The van der Waals surface area contributed by atoms with Crippen molar-refractivity contribution in [3.05, 3.63) is 34.1 Å². The van der Waals surface area contributed by atoms with Crippen LogP contribution in [0.15, 0.2) is 22.7 Å². The van der Waals surface area contributed by atoms with Crippen molar-refractivity contribution in [1.82, 2.24) is 9.80 Å². The molecular formula is C16H22BrFN2O2. The summed E-state index contributed by atoms with van der Waals surface area (Å²) in [6.07, 6.45) is 2.90. The Morgan fingerprint density at radius 1 is 1.45 bits per heavy atom. The van der Waals surface area contributed by atoms with Crippen molar-refractivity contribution in [2.45, 2.75) is 31.8 Å². The van der Waals surface area contributed by atoms with Gasteiger partial charge in [0.25, 0.3) is 0 Å². The first kappa shape index (κ1) is 17.4.